The number of hydrogen-bond donors (Lipinski definition) is 2. The van der Waals surface area contributed by atoms with Crippen LogP contribution in [0, 0.1) is 5.92 Å². The quantitative estimate of drug-likeness (QED) is 0.787. The molecule has 0 saturated carbocycles. The fourth-order valence-corrected chi connectivity index (χ4v) is 3.55. The molecule has 1 aromatic rings. The monoisotopic (exact) mass is 404 g/mol. The van der Waals surface area contributed by atoms with Crippen molar-refractivity contribution in [3.63, 3.8) is 0 Å². The number of anilines is 1. The third kappa shape index (κ3) is 4.20. The summed E-state index contributed by atoms with van der Waals surface area (Å²) in [5, 5.41) is 6.24. The molecule has 1 aliphatic rings. The van der Waals surface area contributed by atoms with Crippen LogP contribution < -0.4 is 15.4 Å². The summed E-state index contributed by atoms with van der Waals surface area (Å²) in [6, 6.07) is 3.68. The molecule has 1 saturated heterocycles. The first-order chi connectivity index (χ1) is 9.60. The van der Waals surface area contributed by atoms with Gasteiger partial charge in [0.2, 0.25) is 5.91 Å². The van der Waals surface area contributed by atoms with E-state index in [0.29, 0.717) is 18.1 Å². The molecule has 1 heterocycles. The van der Waals surface area contributed by atoms with Crippen LogP contribution in [-0.2, 0) is 4.79 Å². The van der Waals surface area contributed by atoms with Crippen molar-refractivity contribution in [1.29, 1.82) is 0 Å². The number of rotatable bonds is 5. The first-order valence-electron chi connectivity index (χ1n) is 6.63. The van der Waals surface area contributed by atoms with Crippen LogP contribution in [0.5, 0.6) is 5.75 Å². The van der Waals surface area contributed by atoms with Gasteiger partial charge in [-0.05, 0) is 69.8 Å². The Morgan fingerprint density at radius 2 is 2.25 bits per heavy atom. The Balaban J connectivity index is 1.93. The molecule has 1 atom stereocenters. The predicted octanol–water partition coefficient (Wildman–Crippen LogP) is 3.55. The summed E-state index contributed by atoms with van der Waals surface area (Å²) in [6.07, 6.45) is 2.66. The predicted molar refractivity (Wildman–Crippen MR) is 87.2 cm³/mol. The molecule has 0 bridgehead atoms. The summed E-state index contributed by atoms with van der Waals surface area (Å²) in [5.74, 6) is 1.37. The second-order valence-corrected chi connectivity index (χ2v) is 6.62. The minimum Gasteiger partial charge on any atom is -0.495 e. The first-order valence-corrected chi connectivity index (χ1v) is 8.22. The van der Waals surface area contributed by atoms with Gasteiger partial charge in [-0.25, -0.2) is 0 Å². The van der Waals surface area contributed by atoms with E-state index in [1.54, 1.807) is 7.11 Å². The fraction of sp³-hybridized carbons (Fsp3) is 0.500. The van der Waals surface area contributed by atoms with Crippen LogP contribution >= 0.6 is 31.9 Å². The van der Waals surface area contributed by atoms with Gasteiger partial charge >= 0.3 is 0 Å². The van der Waals surface area contributed by atoms with E-state index in [1.807, 2.05) is 12.1 Å². The van der Waals surface area contributed by atoms with Crippen molar-refractivity contribution in [2.75, 3.05) is 25.5 Å². The summed E-state index contributed by atoms with van der Waals surface area (Å²) in [6.45, 7) is 2.10. The highest BCUT2D eigenvalue weighted by Gasteiger charge is 2.16. The number of benzene rings is 1. The molecule has 6 heteroatoms. The van der Waals surface area contributed by atoms with Gasteiger partial charge in [0.05, 0.1) is 17.3 Å². The molecule has 110 valence electrons. The van der Waals surface area contributed by atoms with E-state index in [0.717, 1.165) is 34.1 Å². The molecule has 1 aromatic carbocycles. The number of nitrogens with one attached hydrogen (secondary N) is 2. The van der Waals surface area contributed by atoms with Crippen molar-refractivity contribution in [2.45, 2.75) is 19.3 Å². The van der Waals surface area contributed by atoms with Gasteiger partial charge in [-0.1, -0.05) is 0 Å². The Labute approximate surface area is 135 Å². The molecule has 1 fully saturated rings. The number of carbonyl (C=O) groups excluding carboxylic acids is 1. The zero-order valence-corrected chi connectivity index (χ0v) is 14.5. The van der Waals surface area contributed by atoms with Crippen LogP contribution in [0.3, 0.4) is 0 Å². The molecule has 0 spiro atoms. The normalized spacial score (nSPS) is 18.1. The third-order valence-electron chi connectivity index (χ3n) is 3.46. The van der Waals surface area contributed by atoms with E-state index in [1.165, 1.54) is 6.42 Å². The third-order valence-corrected chi connectivity index (χ3v) is 4.73. The number of ether oxygens (including phenoxy) is 1. The Hall–Kier alpha value is -0.590. The summed E-state index contributed by atoms with van der Waals surface area (Å²) in [7, 11) is 1.60. The highest BCUT2D eigenvalue weighted by Crippen LogP contribution is 2.34. The average Bonchev–Trinajstić information content (AvgIpc) is 2.93. The molecule has 20 heavy (non-hydrogen) atoms. The van der Waals surface area contributed by atoms with E-state index in [2.05, 4.69) is 42.5 Å². The number of methoxy groups -OCH3 is 1. The Morgan fingerprint density at radius 1 is 1.45 bits per heavy atom. The maximum absolute atomic E-state index is 12.0. The van der Waals surface area contributed by atoms with Crippen LogP contribution in [0.1, 0.15) is 19.3 Å². The molecule has 0 aliphatic carbocycles. The van der Waals surface area contributed by atoms with Crippen LogP contribution in [0.15, 0.2) is 21.1 Å². The van der Waals surface area contributed by atoms with Gasteiger partial charge in [0.1, 0.15) is 5.75 Å². The molecule has 1 amide bonds. The standard InChI is InChI=1S/C14H18Br2N2O2/c1-20-13-7-12(10(15)6-11(13)16)18-14(19)3-2-9-4-5-17-8-9/h6-7,9,17H,2-5,8H2,1H3,(H,18,19). The van der Waals surface area contributed by atoms with Crippen molar-refractivity contribution < 1.29 is 9.53 Å². The fourth-order valence-electron chi connectivity index (χ4n) is 2.29. The van der Waals surface area contributed by atoms with E-state index in [9.17, 15) is 4.79 Å². The van der Waals surface area contributed by atoms with Crippen LogP contribution in [-0.4, -0.2) is 26.1 Å². The maximum atomic E-state index is 12.0. The number of carbonyl (C=O) groups is 1. The Kier molecular flexibility index (Phi) is 5.86. The number of hydrogen-bond acceptors (Lipinski definition) is 3. The lowest BCUT2D eigenvalue weighted by Crippen LogP contribution is -2.15. The highest BCUT2D eigenvalue weighted by atomic mass is 79.9. The van der Waals surface area contributed by atoms with Crippen LogP contribution in [0.2, 0.25) is 0 Å². The lowest BCUT2D eigenvalue weighted by atomic mass is 10.0. The zero-order chi connectivity index (χ0) is 14.5. The second-order valence-electron chi connectivity index (χ2n) is 4.91. The number of amides is 1. The Morgan fingerprint density at radius 3 is 2.90 bits per heavy atom. The molecular formula is C14H18Br2N2O2. The SMILES string of the molecule is COc1cc(NC(=O)CCC2CCNC2)c(Br)cc1Br. The summed E-state index contributed by atoms with van der Waals surface area (Å²) < 4.78 is 6.92. The second kappa shape index (κ2) is 7.43. The largest absolute Gasteiger partial charge is 0.495 e. The van der Waals surface area contributed by atoms with Crippen LogP contribution in [0.25, 0.3) is 0 Å². The topological polar surface area (TPSA) is 50.4 Å². The molecule has 0 aromatic heterocycles. The highest BCUT2D eigenvalue weighted by molar-refractivity contribution is 9.11. The molecule has 2 N–H and O–H groups in total. The van der Waals surface area contributed by atoms with Crippen molar-refractivity contribution in [3.8, 4) is 5.75 Å². The van der Waals surface area contributed by atoms with Gasteiger partial charge in [0.15, 0.2) is 0 Å². The van der Waals surface area contributed by atoms with Gasteiger partial charge in [-0.15, -0.1) is 0 Å². The lowest BCUT2D eigenvalue weighted by Gasteiger charge is -2.12. The van der Waals surface area contributed by atoms with Crippen molar-refractivity contribution in [1.82, 2.24) is 5.32 Å². The van der Waals surface area contributed by atoms with E-state index < -0.39 is 0 Å². The van der Waals surface area contributed by atoms with Crippen LogP contribution in [0.4, 0.5) is 5.69 Å². The zero-order valence-electron chi connectivity index (χ0n) is 11.3. The van der Waals surface area contributed by atoms with Gasteiger partial charge in [-0.2, -0.15) is 0 Å². The molecule has 1 unspecified atom stereocenters. The molecular weight excluding hydrogens is 388 g/mol. The summed E-state index contributed by atoms with van der Waals surface area (Å²) in [5.41, 5.74) is 0.736. The first kappa shape index (κ1) is 15.8. The minimum absolute atomic E-state index is 0.0435. The smallest absolute Gasteiger partial charge is 0.224 e. The van der Waals surface area contributed by atoms with Gasteiger partial charge in [0.25, 0.3) is 0 Å². The van der Waals surface area contributed by atoms with Gasteiger partial charge in [0, 0.05) is 17.0 Å². The van der Waals surface area contributed by atoms with E-state index >= 15 is 0 Å². The minimum atomic E-state index is 0.0435. The van der Waals surface area contributed by atoms with Crippen molar-refractivity contribution in [3.05, 3.63) is 21.1 Å². The van der Waals surface area contributed by atoms with Gasteiger partial charge < -0.3 is 15.4 Å². The lowest BCUT2D eigenvalue weighted by molar-refractivity contribution is -0.116. The summed E-state index contributed by atoms with van der Waals surface area (Å²) in [4.78, 5) is 12.0. The van der Waals surface area contributed by atoms with E-state index in [-0.39, 0.29) is 5.91 Å². The van der Waals surface area contributed by atoms with Crippen molar-refractivity contribution >= 4 is 43.5 Å². The molecule has 2 rings (SSSR count). The molecule has 1 aliphatic heterocycles. The Bertz CT molecular complexity index is 488. The van der Waals surface area contributed by atoms with E-state index in [4.69, 9.17) is 4.74 Å². The summed E-state index contributed by atoms with van der Waals surface area (Å²) >= 11 is 6.85. The van der Waals surface area contributed by atoms with Gasteiger partial charge in [-0.3, -0.25) is 4.79 Å². The maximum Gasteiger partial charge on any atom is 0.224 e. The molecule has 0 radical (unpaired) electrons. The molecule has 4 nitrogen and oxygen atoms in total. The van der Waals surface area contributed by atoms with Crippen molar-refractivity contribution in [2.24, 2.45) is 5.92 Å². The average molecular weight is 406 g/mol. The number of halogens is 2.